The largest absolute Gasteiger partial charge is 0.472 e. The Bertz CT molecular complexity index is 2660. The van der Waals surface area contributed by atoms with Gasteiger partial charge in [-0.15, -0.1) is 0 Å². The summed E-state index contributed by atoms with van der Waals surface area (Å²) in [6.07, 6.45) is 4.19. The lowest BCUT2D eigenvalue weighted by Crippen LogP contribution is -2.30. The summed E-state index contributed by atoms with van der Waals surface area (Å²) in [5, 5.41) is 5.94. The number of unbranched alkanes of at least 4 members (excludes halogenated alkanes) is 1. The molecule has 304 valence electrons. The van der Waals surface area contributed by atoms with E-state index in [0.717, 1.165) is 14.7 Å². The van der Waals surface area contributed by atoms with Crippen LogP contribution < -0.4 is 20.1 Å². The molecule has 2 N–H and O–H groups in total. The van der Waals surface area contributed by atoms with E-state index < -0.39 is 0 Å². The first-order chi connectivity index (χ1) is 29.8. The van der Waals surface area contributed by atoms with Crippen LogP contribution in [0.2, 0.25) is 0 Å². The molecule has 2 amide bonds. The van der Waals surface area contributed by atoms with Gasteiger partial charge in [0.15, 0.2) is 0 Å². The van der Waals surface area contributed by atoms with Crippen LogP contribution in [0, 0.1) is 27.0 Å². The molecule has 3 heterocycles. The lowest BCUT2D eigenvalue weighted by molar-refractivity contribution is 0.0653. The van der Waals surface area contributed by atoms with E-state index in [4.69, 9.17) is 9.47 Å². The Labute approximate surface area is 364 Å². The summed E-state index contributed by atoms with van der Waals surface area (Å²) in [6.45, 7) is 0.990. The summed E-state index contributed by atoms with van der Waals surface area (Å²) in [7, 11) is 0. The topological polar surface area (TPSA) is 131 Å². The van der Waals surface area contributed by atoms with Gasteiger partial charge in [0.05, 0.1) is 20.9 Å². The molecule has 14 heteroatoms. The Hall–Kier alpha value is -7.25. The van der Waals surface area contributed by atoms with Crippen LogP contribution in [0.3, 0.4) is 0 Å². The van der Waals surface area contributed by atoms with Crippen LogP contribution in [0.1, 0.15) is 50.2 Å². The van der Waals surface area contributed by atoms with Crippen molar-refractivity contribution in [2.75, 3.05) is 17.2 Å². The molecule has 0 saturated heterocycles. The minimum absolute atomic E-state index is 0.245. The fraction of sp³-hybridized carbons (Fsp3) is 0.106. The van der Waals surface area contributed by atoms with Gasteiger partial charge in [-0.2, -0.15) is 9.97 Å². The van der Waals surface area contributed by atoms with Gasteiger partial charge in [0.2, 0.25) is 23.7 Å². The van der Waals surface area contributed by atoms with Gasteiger partial charge in [0.1, 0.15) is 30.4 Å². The molecule has 2 aromatic heterocycles. The fourth-order valence-electron chi connectivity index (χ4n) is 5.90. The monoisotopic (exact) mass is 927 g/mol. The number of rotatable bonds is 13. The van der Waals surface area contributed by atoms with Crippen molar-refractivity contribution in [3.63, 3.8) is 0 Å². The summed E-state index contributed by atoms with van der Waals surface area (Å²) < 4.78 is 39.3. The average Bonchev–Trinajstić information content (AvgIpc) is 3.52. The maximum absolute atomic E-state index is 13.6. The number of hydrogen-bond acceptors (Lipinski definition) is 10. The number of carbonyl (C=O) groups excluding carboxylic acids is 2. The van der Waals surface area contributed by atoms with Gasteiger partial charge in [0.25, 0.3) is 11.8 Å². The van der Waals surface area contributed by atoms with Crippen LogP contribution in [-0.2, 0) is 13.2 Å². The van der Waals surface area contributed by atoms with Crippen LogP contribution in [0.25, 0.3) is 0 Å². The number of ether oxygens (including phenoxy) is 2. The Morgan fingerprint density at radius 3 is 1.69 bits per heavy atom. The summed E-state index contributed by atoms with van der Waals surface area (Å²) in [6, 6.07) is 38.5. The molecular formula is C47H36F2IN7O4. The lowest BCUT2D eigenvalue weighted by Gasteiger charge is -2.12. The smallest absolute Gasteiger partial charge is 0.261 e. The van der Waals surface area contributed by atoms with E-state index in [0.29, 0.717) is 59.3 Å². The number of carbonyl (C=O) groups is 2. The summed E-state index contributed by atoms with van der Waals surface area (Å²) in [4.78, 5) is 43.6. The first-order valence-electron chi connectivity index (χ1n) is 19.0. The predicted molar refractivity (Wildman–Crippen MR) is 236 cm³/mol. The molecule has 8 rings (SSSR count). The number of nitrogens with one attached hydrogen (secondary N) is 2. The van der Waals surface area contributed by atoms with Crippen LogP contribution >= 0.6 is 22.6 Å². The van der Waals surface area contributed by atoms with E-state index in [1.807, 2.05) is 60.7 Å². The Kier molecular flexibility index (Phi) is 14.2. The molecule has 0 atom stereocenters. The second-order valence-electron chi connectivity index (χ2n) is 13.3. The lowest BCUT2D eigenvalue weighted by atomic mass is 10.1. The Morgan fingerprint density at radius 2 is 1.13 bits per heavy atom. The standard InChI is InChI=1S/C30H23FN4O3.C17H13FIN3O/c31-23-13-9-14-24(18-23)33-30-32-19-22(27(34-30)38-20-21-10-3-1-4-11-21)12-5-2-8-17-35-28(36)25-15-6-7-16-26(25)29(35)37;18-13-7-4-8-14(9-13)21-17-20-10-15(19)16(22-17)23-11-12-5-2-1-3-6-12/h1,3-4,6-7,9-11,13-16,18-19H,2,8,17,20H2,(H,32,33,34);1-10H,11H2,(H,20,21,22). The van der Waals surface area contributed by atoms with Crippen molar-refractivity contribution in [1.82, 2.24) is 24.8 Å². The summed E-state index contributed by atoms with van der Waals surface area (Å²) in [5.41, 5.74) is 4.48. The maximum Gasteiger partial charge on any atom is 0.261 e. The van der Waals surface area contributed by atoms with Crippen molar-refractivity contribution in [2.45, 2.75) is 26.1 Å². The third kappa shape index (κ3) is 11.7. The molecule has 0 spiro atoms. The fourth-order valence-corrected chi connectivity index (χ4v) is 6.32. The van der Waals surface area contributed by atoms with Crippen molar-refractivity contribution in [3.05, 3.63) is 189 Å². The minimum Gasteiger partial charge on any atom is -0.472 e. The zero-order valence-electron chi connectivity index (χ0n) is 32.4. The van der Waals surface area contributed by atoms with Crippen molar-refractivity contribution in [3.8, 4) is 23.6 Å². The molecule has 0 radical (unpaired) electrons. The molecule has 0 fully saturated rings. The molecule has 0 unspecified atom stereocenters. The van der Waals surface area contributed by atoms with Gasteiger partial charge >= 0.3 is 0 Å². The number of nitrogens with zero attached hydrogens (tertiary/aromatic N) is 5. The third-order valence-corrected chi connectivity index (χ3v) is 9.59. The van der Waals surface area contributed by atoms with E-state index in [1.165, 1.54) is 29.2 Å². The van der Waals surface area contributed by atoms with Gasteiger partial charge in [-0.05, 0) is 88.7 Å². The number of fused-ring (bicyclic) bond motifs is 1. The van der Waals surface area contributed by atoms with Gasteiger partial charge in [-0.1, -0.05) is 96.8 Å². The summed E-state index contributed by atoms with van der Waals surface area (Å²) >= 11 is 2.12. The van der Waals surface area contributed by atoms with Crippen molar-refractivity contribution < 1.29 is 27.8 Å². The van der Waals surface area contributed by atoms with Crippen molar-refractivity contribution in [2.24, 2.45) is 0 Å². The molecular weight excluding hydrogens is 891 g/mol. The predicted octanol–water partition coefficient (Wildman–Crippen LogP) is 9.91. The highest BCUT2D eigenvalue weighted by Crippen LogP contribution is 2.25. The molecule has 0 saturated carbocycles. The number of amides is 2. The van der Waals surface area contributed by atoms with Gasteiger partial charge in [-0.25, -0.2) is 18.7 Å². The maximum atomic E-state index is 13.6. The highest BCUT2D eigenvalue weighted by Gasteiger charge is 2.34. The first-order valence-corrected chi connectivity index (χ1v) is 20.1. The molecule has 11 nitrogen and oxygen atoms in total. The second kappa shape index (κ2) is 20.6. The van der Waals surface area contributed by atoms with Crippen LogP contribution in [-0.4, -0.2) is 43.2 Å². The molecule has 61 heavy (non-hydrogen) atoms. The number of anilines is 4. The minimum atomic E-state index is -0.376. The van der Waals surface area contributed by atoms with Gasteiger partial charge in [0, 0.05) is 30.5 Å². The molecule has 1 aliphatic heterocycles. The highest BCUT2D eigenvalue weighted by atomic mass is 127. The normalized spacial score (nSPS) is 11.4. The van der Waals surface area contributed by atoms with E-state index >= 15 is 0 Å². The molecule has 7 aromatic rings. The van der Waals surface area contributed by atoms with Crippen LogP contribution in [0.5, 0.6) is 11.8 Å². The number of hydrogen-bond donors (Lipinski definition) is 2. The quantitative estimate of drug-likeness (QED) is 0.0499. The van der Waals surface area contributed by atoms with Crippen LogP contribution in [0.4, 0.5) is 32.1 Å². The molecule has 0 aliphatic carbocycles. The van der Waals surface area contributed by atoms with Crippen molar-refractivity contribution in [1.29, 1.82) is 0 Å². The van der Waals surface area contributed by atoms with Gasteiger partial charge in [-0.3, -0.25) is 14.5 Å². The molecule has 1 aliphatic rings. The third-order valence-electron chi connectivity index (χ3n) is 8.85. The van der Waals surface area contributed by atoms with E-state index in [9.17, 15) is 18.4 Å². The molecule has 0 bridgehead atoms. The van der Waals surface area contributed by atoms with E-state index in [-0.39, 0.29) is 48.4 Å². The zero-order chi connectivity index (χ0) is 42.4. The number of benzene rings is 5. The Balaban J connectivity index is 0.000000208. The SMILES string of the molecule is Fc1cccc(Nc2ncc(I)c(OCc3ccccc3)n2)c1.O=C1c2ccccc2C(=O)N1CCCC#Cc1cnc(Nc2cccc(F)c2)nc1OCc1ccccc1. The zero-order valence-corrected chi connectivity index (χ0v) is 34.6. The van der Waals surface area contributed by atoms with Gasteiger partial charge < -0.3 is 20.1 Å². The number of aromatic nitrogens is 4. The first kappa shape index (κ1) is 41.9. The average molecular weight is 928 g/mol. The van der Waals surface area contributed by atoms with Crippen LogP contribution in [0.15, 0.2) is 146 Å². The number of imide groups is 1. The number of halogens is 3. The summed E-state index contributed by atoms with van der Waals surface area (Å²) in [5.74, 6) is 6.24. The Morgan fingerprint density at radius 1 is 0.623 bits per heavy atom. The second-order valence-corrected chi connectivity index (χ2v) is 14.5. The van der Waals surface area contributed by atoms with E-state index in [2.05, 4.69) is 65.0 Å². The van der Waals surface area contributed by atoms with Crippen molar-refractivity contribution >= 4 is 57.7 Å². The highest BCUT2D eigenvalue weighted by molar-refractivity contribution is 14.1. The molecule has 5 aromatic carbocycles. The van der Waals surface area contributed by atoms with E-state index in [1.54, 1.807) is 60.9 Å².